The number of carbonyl (C=O) groups excluding carboxylic acids is 1. The average Bonchev–Trinajstić information content (AvgIpc) is 2.90. The van der Waals surface area contributed by atoms with Crippen LogP contribution in [0.4, 0.5) is 0 Å². The van der Waals surface area contributed by atoms with E-state index in [1.54, 1.807) is 6.92 Å². The molecule has 2 atom stereocenters. The molecule has 0 aliphatic carbocycles. The van der Waals surface area contributed by atoms with Gasteiger partial charge < -0.3 is 19.7 Å². The van der Waals surface area contributed by atoms with Crippen molar-refractivity contribution >= 4 is 16.9 Å². The number of carbonyl (C=O) groups is 1. The molecule has 1 aliphatic heterocycles. The number of H-pyrrole nitrogens is 1. The first-order valence-corrected chi connectivity index (χ1v) is 8.81. The van der Waals surface area contributed by atoms with E-state index in [2.05, 4.69) is 34.3 Å². The van der Waals surface area contributed by atoms with Gasteiger partial charge in [-0.1, -0.05) is 18.2 Å². The third kappa shape index (κ3) is 3.79. The second-order valence-corrected chi connectivity index (χ2v) is 6.48. The van der Waals surface area contributed by atoms with Crippen LogP contribution in [0.1, 0.15) is 25.3 Å². The van der Waals surface area contributed by atoms with E-state index in [4.69, 9.17) is 4.74 Å². The molecule has 24 heavy (non-hydrogen) atoms. The number of aliphatic hydroxyl groups excluding tert-OH is 1. The quantitative estimate of drug-likeness (QED) is 0.826. The van der Waals surface area contributed by atoms with E-state index >= 15 is 0 Å². The van der Waals surface area contributed by atoms with Crippen LogP contribution in [0.3, 0.4) is 0 Å². The number of aliphatic hydroxyl groups is 1. The Morgan fingerprint density at radius 1 is 1.42 bits per heavy atom. The van der Waals surface area contributed by atoms with Crippen molar-refractivity contribution in [1.29, 1.82) is 0 Å². The van der Waals surface area contributed by atoms with Crippen molar-refractivity contribution in [2.24, 2.45) is 5.92 Å². The maximum atomic E-state index is 12.1. The molecule has 1 aromatic carbocycles. The third-order valence-corrected chi connectivity index (χ3v) is 4.86. The molecular weight excluding hydrogens is 304 g/mol. The van der Waals surface area contributed by atoms with Crippen LogP contribution < -0.4 is 0 Å². The van der Waals surface area contributed by atoms with E-state index in [9.17, 15) is 9.90 Å². The van der Waals surface area contributed by atoms with Gasteiger partial charge in [0.15, 0.2) is 0 Å². The summed E-state index contributed by atoms with van der Waals surface area (Å²) in [5.41, 5.74) is 2.45. The first kappa shape index (κ1) is 17.0. The highest BCUT2D eigenvalue weighted by Crippen LogP contribution is 2.21. The summed E-state index contributed by atoms with van der Waals surface area (Å²) in [5.74, 6) is -0.709. The number of hydrogen-bond acceptors (Lipinski definition) is 4. The molecule has 1 aromatic heterocycles. The van der Waals surface area contributed by atoms with E-state index in [1.165, 1.54) is 10.9 Å². The minimum Gasteiger partial charge on any atom is -0.466 e. The van der Waals surface area contributed by atoms with Crippen LogP contribution in [0.2, 0.25) is 0 Å². The van der Waals surface area contributed by atoms with Gasteiger partial charge in [0.05, 0.1) is 18.6 Å². The molecule has 1 saturated heterocycles. The van der Waals surface area contributed by atoms with Gasteiger partial charge in [0, 0.05) is 30.2 Å². The fourth-order valence-corrected chi connectivity index (χ4v) is 3.52. The molecule has 2 aromatic rings. The van der Waals surface area contributed by atoms with Crippen molar-refractivity contribution in [3.63, 3.8) is 0 Å². The highest BCUT2D eigenvalue weighted by Gasteiger charge is 2.32. The minimum absolute atomic E-state index is 0.274. The lowest BCUT2D eigenvalue weighted by Gasteiger charge is -2.24. The molecule has 130 valence electrons. The fraction of sp³-hybridized carbons (Fsp3) is 0.526. The van der Waals surface area contributed by atoms with E-state index in [0.29, 0.717) is 19.6 Å². The van der Waals surface area contributed by atoms with Gasteiger partial charge in [-0.3, -0.25) is 4.79 Å². The van der Waals surface area contributed by atoms with E-state index in [0.717, 1.165) is 31.4 Å². The zero-order chi connectivity index (χ0) is 16.9. The maximum Gasteiger partial charge on any atom is 0.312 e. The number of nitrogens with zero attached hydrogens (tertiary/aromatic N) is 1. The first-order chi connectivity index (χ1) is 11.7. The summed E-state index contributed by atoms with van der Waals surface area (Å²) in [7, 11) is 0. The Labute approximate surface area is 142 Å². The van der Waals surface area contributed by atoms with Gasteiger partial charge in [0.2, 0.25) is 0 Å². The number of hydrogen-bond donors (Lipinski definition) is 2. The summed E-state index contributed by atoms with van der Waals surface area (Å²) in [6.07, 6.45) is 3.97. The maximum absolute atomic E-state index is 12.1. The molecule has 0 bridgehead atoms. The van der Waals surface area contributed by atoms with Gasteiger partial charge in [0.25, 0.3) is 0 Å². The Hall–Kier alpha value is -1.85. The molecule has 2 heterocycles. The predicted octanol–water partition coefficient (Wildman–Crippen LogP) is 2.35. The Balaban J connectivity index is 1.64. The van der Waals surface area contributed by atoms with Crippen LogP contribution in [0, 0.1) is 5.92 Å². The summed E-state index contributed by atoms with van der Waals surface area (Å²) in [6.45, 7) is 4.52. The number of para-hydroxylation sites is 1. The number of esters is 1. The van der Waals surface area contributed by atoms with Crippen molar-refractivity contribution in [3.05, 3.63) is 36.0 Å². The summed E-state index contributed by atoms with van der Waals surface area (Å²) in [6, 6.07) is 8.30. The molecule has 1 fully saturated rings. The number of rotatable bonds is 5. The molecule has 2 N–H and O–H groups in total. The predicted molar refractivity (Wildman–Crippen MR) is 93.8 cm³/mol. The average molecular weight is 330 g/mol. The Kier molecular flexibility index (Phi) is 5.53. The Morgan fingerprint density at radius 3 is 3.08 bits per heavy atom. The number of benzene rings is 1. The molecule has 5 heteroatoms. The van der Waals surface area contributed by atoms with E-state index in [-0.39, 0.29) is 5.97 Å². The molecule has 0 saturated carbocycles. The van der Waals surface area contributed by atoms with Gasteiger partial charge >= 0.3 is 5.97 Å². The Morgan fingerprint density at radius 2 is 2.25 bits per heavy atom. The van der Waals surface area contributed by atoms with Crippen molar-refractivity contribution < 1.29 is 14.6 Å². The SMILES string of the molecule is CCOC(=O)[C@@H]1CN(CCc2c[nH]c3ccccc23)CCC[C@@H]1O. The summed E-state index contributed by atoms with van der Waals surface area (Å²) < 4.78 is 5.13. The lowest BCUT2D eigenvalue weighted by atomic mass is 10.00. The van der Waals surface area contributed by atoms with Crippen LogP contribution >= 0.6 is 0 Å². The number of likely N-dealkylation sites (tertiary alicyclic amines) is 1. The number of aromatic nitrogens is 1. The monoisotopic (exact) mass is 330 g/mol. The van der Waals surface area contributed by atoms with Crippen LogP contribution in [0.5, 0.6) is 0 Å². The highest BCUT2D eigenvalue weighted by atomic mass is 16.5. The topological polar surface area (TPSA) is 65.6 Å². The lowest BCUT2D eigenvalue weighted by molar-refractivity contribution is -0.152. The van der Waals surface area contributed by atoms with Crippen LogP contribution in [-0.2, 0) is 16.0 Å². The Bertz CT molecular complexity index is 682. The van der Waals surface area contributed by atoms with Gasteiger partial charge in [-0.15, -0.1) is 0 Å². The number of fused-ring (bicyclic) bond motifs is 1. The number of nitrogens with one attached hydrogen (secondary N) is 1. The van der Waals surface area contributed by atoms with Gasteiger partial charge in [-0.05, 0) is 44.4 Å². The van der Waals surface area contributed by atoms with E-state index in [1.807, 2.05) is 6.07 Å². The standard InChI is InChI=1S/C19H26N2O3/c1-2-24-19(23)16-13-21(10-5-8-18(16)22)11-9-14-12-20-17-7-4-3-6-15(14)17/h3-4,6-7,12,16,18,20,22H,2,5,8-11,13H2,1H3/t16-,18+/m1/s1. The zero-order valence-electron chi connectivity index (χ0n) is 14.2. The fourth-order valence-electron chi connectivity index (χ4n) is 3.52. The molecule has 1 aliphatic rings. The summed E-state index contributed by atoms with van der Waals surface area (Å²) in [5, 5.41) is 11.5. The summed E-state index contributed by atoms with van der Waals surface area (Å²) >= 11 is 0. The largest absolute Gasteiger partial charge is 0.466 e. The lowest BCUT2D eigenvalue weighted by Crippen LogP contribution is -2.38. The van der Waals surface area contributed by atoms with Gasteiger partial charge in [0.1, 0.15) is 0 Å². The van der Waals surface area contributed by atoms with Crippen LogP contribution in [0.25, 0.3) is 10.9 Å². The van der Waals surface area contributed by atoms with Gasteiger partial charge in [-0.25, -0.2) is 0 Å². The molecular formula is C19H26N2O3. The van der Waals surface area contributed by atoms with Crippen LogP contribution in [-0.4, -0.2) is 53.3 Å². The van der Waals surface area contributed by atoms with Crippen molar-refractivity contribution in [1.82, 2.24) is 9.88 Å². The molecule has 5 nitrogen and oxygen atoms in total. The van der Waals surface area contributed by atoms with Gasteiger partial charge in [-0.2, -0.15) is 0 Å². The van der Waals surface area contributed by atoms with E-state index < -0.39 is 12.0 Å². The smallest absolute Gasteiger partial charge is 0.312 e. The normalized spacial score (nSPS) is 22.4. The first-order valence-electron chi connectivity index (χ1n) is 8.81. The second kappa shape index (κ2) is 7.81. The number of ether oxygens (including phenoxy) is 1. The highest BCUT2D eigenvalue weighted by molar-refractivity contribution is 5.83. The van der Waals surface area contributed by atoms with Crippen molar-refractivity contribution in [3.8, 4) is 0 Å². The molecule has 0 spiro atoms. The molecule has 0 amide bonds. The number of aromatic amines is 1. The molecule has 0 radical (unpaired) electrons. The van der Waals surface area contributed by atoms with Crippen molar-refractivity contribution in [2.75, 3.05) is 26.2 Å². The summed E-state index contributed by atoms with van der Waals surface area (Å²) in [4.78, 5) is 17.7. The van der Waals surface area contributed by atoms with Crippen molar-refractivity contribution in [2.45, 2.75) is 32.3 Å². The zero-order valence-corrected chi connectivity index (χ0v) is 14.2. The molecule has 3 rings (SSSR count). The molecule has 0 unspecified atom stereocenters. The third-order valence-electron chi connectivity index (χ3n) is 4.86. The minimum atomic E-state index is -0.595. The second-order valence-electron chi connectivity index (χ2n) is 6.48. The van der Waals surface area contributed by atoms with Crippen LogP contribution in [0.15, 0.2) is 30.5 Å².